The van der Waals surface area contributed by atoms with Gasteiger partial charge in [-0.05, 0) is 18.2 Å². The summed E-state index contributed by atoms with van der Waals surface area (Å²) >= 11 is 3.44. The second-order valence-electron chi connectivity index (χ2n) is 2.56. The maximum Gasteiger partial charge on any atom is 0.0395 e. The molecule has 2 N–H and O–H groups in total. The van der Waals surface area contributed by atoms with E-state index in [0.29, 0.717) is 0 Å². The molecule has 1 aromatic heterocycles. The molecule has 0 saturated heterocycles. The predicted molar refractivity (Wildman–Crippen MR) is 53.9 cm³/mol. The van der Waals surface area contributed by atoms with Crippen molar-refractivity contribution in [2.75, 3.05) is 5.73 Å². The number of anilines is 1. The molecule has 0 amide bonds. The summed E-state index contributed by atoms with van der Waals surface area (Å²) in [7, 11) is 0. The molecule has 1 aromatic carbocycles. The SMILES string of the molecule is Nc1ccc(Br)c2cnccc12. The smallest absolute Gasteiger partial charge is 0.0395 e. The van der Waals surface area contributed by atoms with Crippen LogP contribution in [0, 0.1) is 0 Å². The second kappa shape index (κ2) is 2.75. The number of nitrogens with zero attached hydrogens (tertiary/aromatic N) is 1. The lowest BCUT2D eigenvalue weighted by Gasteiger charge is -2.01. The molecule has 2 nitrogen and oxygen atoms in total. The molecule has 12 heavy (non-hydrogen) atoms. The van der Waals surface area contributed by atoms with E-state index >= 15 is 0 Å². The van der Waals surface area contributed by atoms with Crippen molar-refractivity contribution in [3.63, 3.8) is 0 Å². The van der Waals surface area contributed by atoms with Crippen molar-refractivity contribution >= 4 is 32.4 Å². The lowest BCUT2D eigenvalue weighted by Crippen LogP contribution is -1.87. The average Bonchev–Trinajstić information content (AvgIpc) is 2.12. The highest BCUT2D eigenvalue weighted by Gasteiger charge is 1.99. The minimum atomic E-state index is 0.788. The van der Waals surface area contributed by atoms with Gasteiger partial charge >= 0.3 is 0 Å². The summed E-state index contributed by atoms with van der Waals surface area (Å²) in [5.74, 6) is 0. The number of nitrogen functional groups attached to an aromatic ring is 1. The third-order valence-corrected chi connectivity index (χ3v) is 2.49. The van der Waals surface area contributed by atoms with E-state index < -0.39 is 0 Å². The van der Waals surface area contributed by atoms with Gasteiger partial charge in [0, 0.05) is 33.3 Å². The molecule has 0 aliphatic carbocycles. The normalized spacial score (nSPS) is 10.4. The van der Waals surface area contributed by atoms with Crippen LogP contribution in [-0.4, -0.2) is 4.98 Å². The van der Waals surface area contributed by atoms with Crippen molar-refractivity contribution < 1.29 is 0 Å². The van der Waals surface area contributed by atoms with E-state index in [9.17, 15) is 0 Å². The Morgan fingerprint density at radius 3 is 2.75 bits per heavy atom. The molecule has 3 heteroatoms. The van der Waals surface area contributed by atoms with Gasteiger partial charge in [0.15, 0.2) is 0 Å². The van der Waals surface area contributed by atoms with Crippen LogP contribution in [0.1, 0.15) is 0 Å². The first-order chi connectivity index (χ1) is 5.79. The minimum Gasteiger partial charge on any atom is -0.398 e. The van der Waals surface area contributed by atoms with Gasteiger partial charge in [0.25, 0.3) is 0 Å². The van der Waals surface area contributed by atoms with Gasteiger partial charge in [-0.25, -0.2) is 0 Å². The van der Waals surface area contributed by atoms with Gasteiger partial charge in [0.2, 0.25) is 0 Å². The highest BCUT2D eigenvalue weighted by atomic mass is 79.9. The first-order valence-electron chi connectivity index (χ1n) is 3.57. The zero-order valence-corrected chi connectivity index (χ0v) is 7.88. The standard InChI is InChI=1S/C9H7BrN2/c10-8-1-2-9(11)6-3-4-12-5-7(6)8/h1-5H,11H2. The lowest BCUT2D eigenvalue weighted by molar-refractivity contribution is 1.36. The topological polar surface area (TPSA) is 38.9 Å². The van der Waals surface area contributed by atoms with Crippen molar-refractivity contribution in [3.8, 4) is 0 Å². The summed E-state index contributed by atoms with van der Waals surface area (Å²) in [4.78, 5) is 4.03. The van der Waals surface area contributed by atoms with Gasteiger partial charge in [-0.15, -0.1) is 0 Å². The van der Waals surface area contributed by atoms with Crippen LogP contribution in [0.4, 0.5) is 5.69 Å². The monoisotopic (exact) mass is 222 g/mol. The summed E-state index contributed by atoms with van der Waals surface area (Å²) in [6.45, 7) is 0. The predicted octanol–water partition coefficient (Wildman–Crippen LogP) is 2.58. The minimum absolute atomic E-state index is 0.788. The maximum absolute atomic E-state index is 5.78. The molecule has 0 spiro atoms. The second-order valence-corrected chi connectivity index (χ2v) is 3.41. The summed E-state index contributed by atoms with van der Waals surface area (Å²) < 4.78 is 1.03. The molecule has 0 unspecified atom stereocenters. The maximum atomic E-state index is 5.78. The van der Waals surface area contributed by atoms with Gasteiger partial charge in [0.1, 0.15) is 0 Å². The van der Waals surface area contributed by atoms with Crippen LogP contribution < -0.4 is 5.73 Å². The van der Waals surface area contributed by atoms with E-state index in [1.165, 1.54) is 0 Å². The molecule has 1 heterocycles. The molecule has 0 saturated carbocycles. The number of aromatic nitrogens is 1. The molecule has 0 bridgehead atoms. The zero-order valence-electron chi connectivity index (χ0n) is 6.29. The Labute approximate surface area is 78.5 Å². The Balaban J connectivity index is 2.95. The van der Waals surface area contributed by atoms with Crippen molar-refractivity contribution in [3.05, 3.63) is 35.1 Å². The summed E-state index contributed by atoms with van der Waals surface area (Å²) in [5.41, 5.74) is 6.56. The van der Waals surface area contributed by atoms with E-state index in [1.54, 1.807) is 12.4 Å². The molecular weight excluding hydrogens is 216 g/mol. The lowest BCUT2D eigenvalue weighted by atomic mass is 10.1. The van der Waals surface area contributed by atoms with Crippen LogP contribution in [-0.2, 0) is 0 Å². The molecular formula is C9H7BrN2. The molecule has 0 fully saturated rings. The number of hydrogen-bond acceptors (Lipinski definition) is 2. The van der Waals surface area contributed by atoms with Gasteiger partial charge in [0.05, 0.1) is 0 Å². The van der Waals surface area contributed by atoms with E-state index in [1.807, 2.05) is 18.2 Å². The molecule has 60 valence electrons. The van der Waals surface area contributed by atoms with Crippen molar-refractivity contribution in [1.82, 2.24) is 4.98 Å². The Hall–Kier alpha value is -1.09. The summed E-state index contributed by atoms with van der Waals surface area (Å²) in [6, 6.07) is 5.72. The summed E-state index contributed by atoms with van der Waals surface area (Å²) in [6.07, 6.45) is 3.54. The number of benzene rings is 1. The average molecular weight is 223 g/mol. The number of fused-ring (bicyclic) bond motifs is 1. The molecule has 2 aromatic rings. The fourth-order valence-corrected chi connectivity index (χ4v) is 1.63. The number of pyridine rings is 1. The fraction of sp³-hybridized carbons (Fsp3) is 0. The first-order valence-corrected chi connectivity index (χ1v) is 4.36. The number of rotatable bonds is 0. The number of halogens is 1. The van der Waals surface area contributed by atoms with Crippen LogP contribution in [0.5, 0.6) is 0 Å². The Kier molecular flexibility index (Phi) is 1.73. The third-order valence-electron chi connectivity index (χ3n) is 1.80. The highest BCUT2D eigenvalue weighted by Crippen LogP contribution is 2.26. The van der Waals surface area contributed by atoms with Crippen LogP contribution >= 0.6 is 15.9 Å². The van der Waals surface area contributed by atoms with Crippen LogP contribution in [0.3, 0.4) is 0 Å². The van der Waals surface area contributed by atoms with Crippen molar-refractivity contribution in [2.45, 2.75) is 0 Å². The molecule has 0 aliphatic heterocycles. The first kappa shape index (κ1) is 7.55. The largest absolute Gasteiger partial charge is 0.398 e. The quantitative estimate of drug-likeness (QED) is 0.697. The Morgan fingerprint density at radius 1 is 1.17 bits per heavy atom. The van der Waals surface area contributed by atoms with Gasteiger partial charge < -0.3 is 5.73 Å². The van der Waals surface area contributed by atoms with E-state index in [4.69, 9.17) is 5.73 Å². The highest BCUT2D eigenvalue weighted by molar-refractivity contribution is 9.10. The van der Waals surface area contributed by atoms with E-state index in [2.05, 4.69) is 20.9 Å². The zero-order chi connectivity index (χ0) is 8.55. The summed E-state index contributed by atoms with van der Waals surface area (Å²) in [5, 5.41) is 2.09. The van der Waals surface area contributed by atoms with Crippen molar-refractivity contribution in [1.29, 1.82) is 0 Å². The Morgan fingerprint density at radius 2 is 2.00 bits per heavy atom. The molecule has 2 rings (SSSR count). The molecule has 0 aliphatic rings. The third kappa shape index (κ3) is 1.06. The molecule has 0 atom stereocenters. The van der Waals surface area contributed by atoms with Gasteiger partial charge in [-0.3, -0.25) is 4.98 Å². The van der Waals surface area contributed by atoms with Crippen LogP contribution in [0.15, 0.2) is 35.1 Å². The fourth-order valence-electron chi connectivity index (χ4n) is 1.18. The van der Waals surface area contributed by atoms with E-state index in [0.717, 1.165) is 20.9 Å². The van der Waals surface area contributed by atoms with Gasteiger partial charge in [-0.2, -0.15) is 0 Å². The Bertz CT molecular complexity index is 385. The van der Waals surface area contributed by atoms with Gasteiger partial charge in [-0.1, -0.05) is 15.9 Å². The van der Waals surface area contributed by atoms with Crippen molar-refractivity contribution in [2.24, 2.45) is 0 Å². The number of nitrogens with two attached hydrogens (primary N) is 1. The molecule has 0 radical (unpaired) electrons. The van der Waals surface area contributed by atoms with E-state index in [-0.39, 0.29) is 0 Å². The van der Waals surface area contributed by atoms with Crippen LogP contribution in [0.25, 0.3) is 10.8 Å². The van der Waals surface area contributed by atoms with Crippen LogP contribution in [0.2, 0.25) is 0 Å². The number of hydrogen-bond donors (Lipinski definition) is 1.